The molecule has 1 aliphatic heterocycles. The Morgan fingerprint density at radius 1 is 1.06 bits per heavy atom. The van der Waals surface area contributed by atoms with Gasteiger partial charge in [-0.05, 0) is 18.4 Å². The van der Waals surface area contributed by atoms with Gasteiger partial charge in [0.15, 0.2) is 0 Å². The summed E-state index contributed by atoms with van der Waals surface area (Å²) in [4.78, 5) is 2.41. The number of piperidine rings is 1. The number of nitrogens with two attached hydrogens (primary N) is 2. The van der Waals surface area contributed by atoms with Gasteiger partial charge in [0.25, 0.3) is 0 Å². The largest absolute Gasteiger partial charge is 0.313 e. The fraction of sp³-hybridized carbons (Fsp3) is 0.538. The van der Waals surface area contributed by atoms with Gasteiger partial charge in [0, 0.05) is 19.6 Å². The minimum absolute atomic E-state index is 0. The molecule has 0 atom stereocenters. The normalized spacial score (nSPS) is 20.1. The van der Waals surface area contributed by atoms with E-state index in [-0.39, 0.29) is 7.43 Å². The van der Waals surface area contributed by atoms with Crippen molar-refractivity contribution in [1.82, 2.24) is 4.90 Å². The van der Waals surface area contributed by atoms with Crippen LogP contribution in [0.15, 0.2) is 30.3 Å². The second-order valence-electron chi connectivity index (χ2n) is 4.49. The van der Waals surface area contributed by atoms with E-state index in [0.717, 1.165) is 32.5 Å². The highest BCUT2D eigenvalue weighted by atomic mass is 15.2. The third kappa shape index (κ3) is 3.59. The Morgan fingerprint density at radius 2 is 1.62 bits per heavy atom. The lowest BCUT2D eigenvalue weighted by Crippen LogP contribution is -2.56. The first-order valence-electron chi connectivity index (χ1n) is 5.50. The predicted molar refractivity (Wildman–Crippen MR) is 68.8 cm³/mol. The number of benzene rings is 1. The van der Waals surface area contributed by atoms with Gasteiger partial charge in [-0.3, -0.25) is 4.90 Å². The van der Waals surface area contributed by atoms with Gasteiger partial charge in [0.2, 0.25) is 0 Å². The van der Waals surface area contributed by atoms with Gasteiger partial charge >= 0.3 is 0 Å². The van der Waals surface area contributed by atoms with Crippen LogP contribution in [-0.4, -0.2) is 23.7 Å². The lowest BCUT2D eigenvalue weighted by atomic mass is 9.99. The van der Waals surface area contributed by atoms with E-state index in [1.807, 2.05) is 6.07 Å². The fourth-order valence-corrected chi connectivity index (χ4v) is 1.97. The van der Waals surface area contributed by atoms with Crippen molar-refractivity contribution in [3.05, 3.63) is 35.9 Å². The van der Waals surface area contributed by atoms with Crippen LogP contribution in [0.4, 0.5) is 0 Å². The maximum absolute atomic E-state index is 5.88. The molecule has 0 radical (unpaired) electrons. The molecule has 0 spiro atoms. The molecule has 1 aromatic rings. The zero-order valence-corrected chi connectivity index (χ0v) is 9.02. The predicted octanol–water partition coefficient (Wildman–Crippen LogP) is 1.53. The number of hydrogen-bond donors (Lipinski definition) is 2. The van der Waals surface area contributed by atoms with Crippen molar-refractivity contribution in [3.63, 3.8) is 0 Å². The van der Waals surface area contributed by atoms with Gasteiger partial charge in [-0.1, -0.05) is 37.8 Å². The topological polar surface area (TPSA) is 55.3 Å². The van der Waals surface area contributed by atoms with Gasteiger partial charge in [-0.25, -0.2) is 0 Å². The van der Waals surface area contributed by atoms with E-state index in [1.54, 1.807) is 0 Å². The van der Waals surface area contributed by atoms with Crippen molar-refractivity contribution in [1.29, 1.82) is 0 Å². The van der Waals surface area contributed by atoms with Gasteiger partial charge in [-0.2, -0.15) is 0 Å². The molecule has 0 aliphatic carbocycles. The van der Waals surface area contributed by atoms with E-state index in [9.17, 15) is 0 Å². The summed E-state index contributed by atoms with van der Waals surface area (Å²) in [5.41, 5.74) is 12.7. The molecule has 0 saturated carbocycles. The Bertz CT molecular complexity index is 298. The molecule has 0 unspecified atom stereocenters. The fourth-order valence-electron chi connectivity index (χ4n) is 1.97. The van der Waals surface area contributed by atoms with Crippen molar-refractivity contribution in [2.75, 3.05) is 13.1 Å². The standard InChI is InChI=1S/C12H19N3.CH4/c13-12(14)6-8-15(9-7-12)10-11-4-2-1-3-5-11;/h1-5H,6-10,13-14H2;1H4. The molecular formula is C13H23N3. The van der Waals surface area contributed by atoms with Crippen LogP contribution >= 0.6 is 0 Å². The molecule has 1 aromatic carbocycles. The SMILES string of the molecule is C.NC1(N)CCN(Cc2ccccc2)CC1. The van der Waals surface area contributed by atoms with Crippen LogP contribution < -0.4 is 11.5 Å². The highest BCUT2D eigenvalue weighted by Crippen LogP contribution is 2.16. The zero-order valence-electron chi connectivity index (χ0n) is 9.02. The second kappa shape index (κ2) is 5.43. The molecule has 0 amide bonds. The van der Waals surface area contributed by atoms with Crippen molar-refractivity contribution in [3.8, 4) is 0 Å². The van der Waals surface area contributed by atoms with Crippen LogP contribution in [-0.2, 0) is 6.54 Å². The summed E-state index contributed by atoms with van der Waals surface area (Å²) in [7, 11) is 0. The first-order valence-corrected chi connectivity index (χ1v) is 5.50. The molecule has 3 heteroatoms. The van der Waals surface area contributed by atoms with Crippen molar-refractivity contribution in [2.24, 2.45) is 11.5 Å². The average molecular weight is 221 g/mol. The molecule has 4 N–H and O–H groups in total. The molecule has 2 rings (SSSR count). The number of hydrogen-bond acceptors (Lipinski definition) is 3. The molecule has 16 heavy (non-hydrogen) atoms. The number of nitrogens with zero attached hydrogens (tertiary/aromatic N) is 1. The Kier molecular flexibility index (Phi) is 4.47. The monoisotopic (exact) mass is 221 g/mol. The van der Waals surface area contributed by atoms with Crippen LogP contribution in [0, 0.1) is 0 Å². The highest BCUT2D eigenvalue weighted by molar-refractivity contribution is 5.14. The summed E-state index contributed by atoms with van der Waals surface area (Å²) >= 11 is 0. The average Bonchev–Trinajstić information content (AvgIpc) is 2.23. The Balaban J connectivity index is 0.00000128. The van der Waals surface area contributed by atoms with E-state index < -0.39 is 5.66 Å². The van der Waals surface area contributed by atoms with Crippen molar-refractivity contribution >= 4 is 0 Å². The minimum atomic E-state index is -0.437. The van der Waals surface area contributed by atoms with Crippen molar-refractivity contribution in [2.45, 2.75) is 32.5 Å². The second-order valence-corrected chi connectivity index (χ2v) is 4.49. The van der Waals surface area contributed by atoms with Gasteiger partial charge in [0.1, 0.15) is 0 Å². The zero-order chi connectivity index (χ0) is 10.7. The lowest BCUT2D eigenvalue weighted by molar-refractivity contribution is 0.159. The van der Waals surface area contributed by atoms with Crippen molar-refractivity contribution < 1.29 is 0 Å². The van der Waals surface area contributed by atoms with Crippen LogP contribution in [0.2, 0.25) is 0 Å². The molecule has 0 bridgehead atoms. The third-order valence-corrected chi connectivity index (χ3v) is 3.04. The Morgan fingerprint density at radius 3 is 2.19 bits per heavy atom. The molecule has 3 nitrogen and oxygen atoms in total. The van der Waals surface area contributed by atoms with Gasteiger partial charge in [0.05, 0.1) is 5.66 Å². The highest BCUT2D eigenvalue weighted by Gasteiger charge is 2.25. The summed E-state index contributed by atoms with van der Waals surface area (Å²) in [5.74, 6) is 0. The van der Waals surface area contributed by atoms with Crippen LogP contribution in [0.5, 0.6) is 0 Å². The molecule has 1 saturated heterocycles. The third-order valence-electron chi connectivity index (χ3n) is 3.04. The first-order chi connectivity index (χ1) is 7.16. The molecule has 0 aromatic heterocycles. The quantitative estimate of drug-likeness (QED) is 0.745. The summed E-state index contributed by atoms with van der Waals surface area (Å²) in [6.45, 7) is 3.01. The number of likely N-dealkylation sites (tertiary alicyclic amines) is 1. The summed E-state index contributed by atoms with van der Waals surface area (Å²) in [5, 5.41) is 0. The molecule has 1 aliphatic rings. The summed E-state index contributed by atoms with van der Waals surface area (Å²) in [6.07, 6.45) is 1.78. The van der Waals surface area contributed by atoms with Gasteiger partial charge in [-0.15, -0.1) is 0 Å². The van der Waals surface area contributed by atoms with Crippen LogP contribution in [0.3, 0.4) is 0 Å². The first kappa shape index (κ1) is 13.2. The maximum Gasteiger partial charge on any atom is 0.0661 e. The smallest absolute Gasteiger partial charge is 0.0661 e. The van der Waals surface area contributed by atoms with Crippen LogP contribution in [0.25, 0.3) is 0 Å². The lowest BCUT2D eigenvalue weighted by Gasteiger charge is -2.36. The van der Waals surface area contributed by atoms with E-state index in [0.29, 0.717) is 0 Å². The molecular weight excluding hydrogens is 198 g/mol. The summed E-state index contributed by atoms with van der Waals surface area (Å²) < 4.78 is 0. The molecule has 90 valence electrons. The van der Waals surface area contributed by atoms with E-state index in [4.69, 9.17) is 11.5 Å². The molecule has 1 fully saturated rings. The van der Waals surface area contributed by atoms with E-state index in [2.05, 4.69) is 29.2 Å². The van der Waals surface area contributed by atoms with E-state index >= 15 is 0 Å². The molecule has 1 heterocycles. The van der Waals surface area contributed by atoms with Crippen LogP contribution in [0.1, 0.15) is 25.8 Å². The maximum atomic E-state index is 5.88. The number of rotatable bonds is 2. The summed E-state index contributed by atoms with van der Waals surface area (Å²) in [6, 6.07) is 10.5. The Labute approximate surface area is 98.4 Å². The van der Waals surface area contributed by atoms with Gasteiger partial charge < -0.3 is 11.5 Å². The van der Waals surface area contributed by atoms with E-state index in [1.165, 1.54) is 5.56 Å². The minimum Gasteiger partial charge on any atom is -0.313 e. The Hall–Kier alpha value is -0.900.